The van der Waals surface area contributed by atoms with E-state index in [0.717, 1.165) is 12.1 Å². The Morgan fingerprint density at radius 2 is 1.25 bits per heavy atom. The van der Waals surface area contributed by atoms with Crippen LogP contribution in [0.15, 0.2) is 36.4 Å². The number of methoxy groups -OCH3 is 2. The fourth-order valence-electron chi connectivity index (χ4n) is 1.90. The predicted molar refractivity (Wildman–Crippen MR) is 70.0 cm³/mol. The molecule has 1 N–H and O–H groups in total. The van der Waals surface area contributed by atoms with E-state index in [1.165, 1.54) is 38.5 Å². The van der Waals surface area contributed by atoms with E-state index in [1.54, 1.807) is 0 Å². The van der Waals surface area contributed by atoms with Crippen molar-refractivity contribution >= 4 is 0 Å². The topological polar surface area (TPSA) is 38.7 Å². The van der Waals surface area contributed by atoms with Crippen molar-refractivity contribution in [2.24, 2.45) is 0 Å². The van der Waals surface area contributed by atoms with Crippen molar-refractivity contribution in [2.75, 3.05) is 14.2 Å². The first-order chi connectivity index (χ1) is 9.56. The summed E-state index contributed by atoms with van der Waals surface area (Å²) in [6.07, 6.45) is -1.13. The summed E-state index contributed by atoms with van der Waals surface area (Å²) in [6.45, 7) is 0. The van der Waals surface area contributed by atoms with Crippen LogP contribution in [0.5, 0.6) is 11.5 Å². The minimum Gasteiger partial charge on any atom is -0.494 e. The van der Waals surface area contributed by atoms with Crippen LogP contribution in [-0.2, 0) is 0 Å². The van der Waals surface area contributed by atoms with Gasteiger partial charge in [-0.25, -0.2) is 8.78 Å². The van der Waals surface area contributed by atoms with Crippen LogP contribution < -0.4 is 9.47 Å². The van der Waals surface area contributed by atoms with Crippen LogP contribution in [0.2, 0.25) is 0 Å². The van der Waals surface area contributed by atoms with Gasteiger partial charge in [0.25, 0.3) is 0 Å². The van der Waals surface area contributed by atoms with Crippen LogP contribution >= 0.6 is 0 Å². The van der Waals surface area contributed by atoms with Crippen LogP contribution in [0.25, 0.3) is 0 Å². The molecule has 0 bridgehead atoms. The number of hydrogen-bond donors (Lipinski definition) is 1. The number of ether oxygens (including phenoxy) is 2. The lowest BCUT2D eigenvalue weighted by atomic mass is 10.0. The Balaban J connectivity index is 2.33. The lowest BCUT2D eigenvalue weighted by molar-refractivity contribution is 0.218. The molecule has 5 heteroatoms. The average Bonchev–Trinajstić information content (AvgIpc) is 2.46. The number of rotatable bonds is 4. The van der Waals surface area contributed by atoms with E-state index in [-0.39, 0.29) is 11.5 Å². The molecule has 0 radical (unpaired) electrons. The molecule has 0 heterocycles. The fraction of sp³-hybridized carbons (Fsp3) is 0.200. The lowest BCUT2D eigenvalue weighted by Gasteiger charge is -2.13. The van der Waals surface area contributed by atoms with Gasteiger partial charge in [-0.1, -0.05) is 12.1 Å². The van der Waals surface area contributed by atoms with E-state index in [2.05, 4.69) is 0 Å². The zero-order chi connectivity index (χ0) is 14.7. The van der Waals surface area contributed by atoms with Gasteiger partial charge in [0.05, 0.1) is 14.2 Å². The quantitative estimate of drug-likeness (QED) is 0.935. The molecule has 0 unspecified atom stereocenters. The summed E-state index contributed by atoms with van der Waals surface area (Å²) in [5, 5.41) is 10.2. The monoisotopic (exact) mass is 280 g/mol. The van der Waals surface area contributed by atoms with E-state index < -0.39 is 17.7 Å². The maximum Gasteiger partial charge on any atom is 0.165 e. The van der Waals surface area contributed by atoms with Crippen molar-refractivity contribution in [2.45, 2.75) is 6.10 Å². The van der Waals surface area contributed by atoms with Gasteiger partial charge in [0.1, 0.15) is 6.10 Å². The maximum atomic E-state index is 13.6. The summed E-state index contributed by atoms with van der Waals surface area (Å²) in [5.74, 6) is -1.00. The minimum absolute atomic E-state index is 0.0851. The molecule has 0 atom stereocenters. The highest BCUT2D eigenvalue weighted by atomic mass is 19.1. The molecule has 2 aromatic rings. The highest BCUT2D eigenvalue weighted by molar-refractivity contribution is 5.37. The highest BCUT2D eigenvalue weighted by Gasteiger charge is 2.15. The molecule has 0 amide bonds. The number of aliphatic hydroxyl groups excluding tert-OH is 1. The fourth-order valence-corrected chi connectivity index (χ4v) is 1.90. The van der Waals surface area contributed by atoms with Gasteiger partial charge in [-0.3, -0.25) is 0 Å². The molecule has 0 saturated heterocycles. The van der Waals surface area contributed by atoms with E-state index in [0.29, 0.717) is 11.1 Å². The summed E-state index contributed by atoms with van der Waals surface area (Å²) in [5.41, 5.74) is 0.626. The zero-order valence-electron chi connectivity index (χ0n) is 11.1. The van der Waals surface area contributed by atoms with Gasteiger partial charge in [0, 0.05) is 0 Å². The van der Waals surface area contributed by atoms with Gasteiger partial charge in [-0.05, 0) is 35.4 Å². The second-order valence-electron chi connectivity index (χ2n) is 4.19. The van der Waals surface area contributed by atoms with Gasteiger partial charge < -0.3 is 14.6 Å². The highest BCUT2D eigenvalue weighted by Crippen LogP contribution is 2.28. The lowest BCUT2D eigenvalue weighted by Crippen LogP contribution is -2.02. The van der Waals surface area contributed by atoms with Crippen LogP contribution in [0.3, 0.4) is 0 Å². The third-order valence-electron chi connectivity index (χ3n) is 2.98. The molecule has 0 aliphatic heterocycles. The van der Waals surface area contributed by atoms with Crippen molar-refractivity contribution in [3.05, 3.63) is 59.2 Å². The van der Waals surface area contributed by atoms with Gasteiger partial charge in [0.2, 0.25) is 0 Å². The molecule has 0 aliphatic carbocycles. The standard InChI is InChI=1S/C15H14F2O3/c1-19-13-5-3-9(7-11(13)16)15(18)10-4-6-14(20-2)12(17)8-10/h3-8,15,18H,1-2H3. The first kappa shape index (κ1) is 14.3. The Kier molecular flexibility index (Phi) is 4.20. The van der Waals surface area contributed by atoms with E-state index in [1.807, 2.05) is 0 Å². The molecule has 0 aromatic heterocycles. The van der Waals surface area contributed by atoms with Crippen LogP contribution in [0.4, 0.5) is 8.78 Å². The Labute approximate surface area is 115 Å². The van der Waals surface area contributed by atoms with Gasteiger partial charge in [0.15, 0.2) is 23.1 Å². The van der Waals surface area contributed by atoms with E-state index >= 15 is 0 Å². The number of benzene rings is 2. The van der Waals surface area contributed by atoms with Crippen LogP contribution in [-0.4, -0.2) is 19.3 Å². The van der Waals surface area contributed by atoms with Crippen molar-refractivity contribution in [1.82, 2.24) is 0 Å². The van der Waals surface area contributed by atoms with Gasteiger partial charge >= 0.3 is 0 Å². The third-order valence-corrected chi connectivity index (χ3v) is 2.98. The second kappa shape index (κ2) is 5.88. The Bertz CT molecular complexity index is 561. The predicted octanol–water partition coefficient (Wildman–Crippen LogP) is 3.06. The maximum absolute atomic E-state index is 13.6. The summed E-state index contributed by atoms with van der Waals surface area (Å²) >= 11 is 0. The normalized spacial score (nSPS) is 10.7. The first-order valence-electron chi connectivity index (χ1n) is 5.91. The first-order valence-corrected chi connectivity index (χ1v) is 5.91. The number of hydrogen-bond acceptors (Lipinski definition) is 3. The van der Waals surface area contributed by atoms with E-state index in [4.69, 9.17) is 9.47 Å². The molecule has 0 aliphatic rings. The molecular weight excluding hydrogens is 266 g/mol. The number of halogens is 2. The van der Waals surface area contributed by atoms with Crippen molar-refractivity contribution in [1.29, 1.82) is 0 Å². The second-order valence-corrected chi connectivity index (χ2v) is 4.19. The summed E-state index contributed by atoms with van der Waals surface area (Å²) in [4.78, 5) is 0. The molecule has 20 heavy (non-hydrogen) atoms. The molecule has 106 valence electrons. The summed E-state index contributed by atoms with van der Waals surface area (Å²) in [7, 11) is 2.71. The Hall–Kier alpha value is -2.14. The van der Waals surface area contributed by atoms with Gasteiger partial charge in [-0.15, -0.1) is 0 Å². The minimum atomic E-state index is -1.13. The molecule has 0 fully saturated rings. The van der Waals surface area contributed by atoms with E-state index in [9.17, 15) is 13.9 Å². The average molecular weight is 280 g/mol. The zero-order valence-corrected chi connectivity index (χ0v) is 11.1. The Morgan fingerprint density at radius 1 is 0.850 bits per heavy atom. The summed E-state index contributed by atoms with van der Waals surface area (Å²) < 4.78 is 36.8. The van der Waals surface area contributed by atoms with Crippen LogP contribution in [0, 0.1) is 11.6 Å². The van der Waals surface area contributed by atoms with Crippen molar-refractivity contribution in [3.63, 3.8) is 0 Å². The summed E-state index contributed by atoms with van der Waals surface area (Å²) in [6, 6.07) is 8.18. The van der Waals surface area contributed by atoms with Crippen molar-refractivity contribution in [3.8, 4) is 11.5 Å². The van der Waals surface area contributed by atoms with Crippen molar-refractivity contribution < 1.29 is 23.4 Å². The number of aliphatic hydroxyl groups is 1. The molecule has 3 nitrogen and oxygen atoms in total. The SMILES string of the molecule is COc1ccc(C(O)c2ccc(OC)c(F)c2)cc1F. The molecule has 0 saturated carbocycles. The molecule has 2 aromatic carbocycles. The Morgan fingerprint density at radius 3 is 1.55 bits per heavy atom. The van der Waals surface area contributed by atoms with Crippen LogP contribution in [0.1, 0.15) is 17.2 Å². The smallest absolute Gasteiger partial charge is 0.165 e. The third kappa shape index (κ3) is 2.72. The van der Waals surface area contributed by atoms with Gasteiger partial charge in [-0.2, -0.15) is 0 Å². The molecule has 2 rings (SSSR count). The molecule has 0 spiro atoms. The largest absolute Gasteiger partial charge is 0.494 e. The molecular formula is C15H14F2O3.